The lowest BCUT2D eigenvalue weighted by Gasteiger charge is -2.41. The molecule has 3 heteroatoms. The summed E-state index contributed by atoms with van der Waals surface area (Å²) in [7, 11) is 1.65. The van der Waals surface area contributed by atoms with Crippen molar-refractivity contribution in [2.75, 3.05) is 20.2 Å². The summed E-state index contributed by atoms with van der Waals surface area (Å²) in [6.07, 6.45) is 6.50. The summed E-state index contributed by atoms with van der Waals surface area (Å²) in [5.41, 5.74) is 2.62. The molecule has 144 valence electrons. The van der Waals surface area contributed by atoms with E-state index in [4.69, 9.17) is 4.74 Å². The van der Waals surface area contributed by atoms with Gasteiger partial charge in [0.25, 0.3) is 5.91 Å². The number of piperidine rings is 1. The molecule has 28 heavy (non-hydrogen) atoms. The molecular formula is C25H27NO2. The van der Waals surface area contributed by atoms with Crippen LogP contribution in [0.1, 0.15) is 53.6 Å². The van der Waals surface area contributed by atoms with Crippen molar-refractivity contribution in [1.29, 1.82) is 0 Å². The third-order valence-corrected chi connectivity index (χ3v) is 6.15. The molecule has 0 N–H and O–H groups in total. The Morgan fingerprint density at radius 1 is 0.893 bits per heavy atom. The number of hydrogen-bond donors (Lipinski definition) is 0. The summed E-state index contributed by atoms with van der Waals surface area (Å²) in [6, 6.07) is 15.4. The standard InChI is InChI=1S/C25H27NO2/c1-28-24-14-10-20(11-15-24)7-6-19-8-12-22(13-9-19)25(27)26-17-16-21-4-2-3-5-23(21)18-26/h8-15,21,23H,2-5,16-18H2,1H3. The Hall–Kier alpha value is -2.73. The number of likely N-dealkylation sites (tertiary alicyclic amines) is 1. The van der Waals surface area contributed by atoms with Crippen molar-refractivity contribution in [3.8, 4) is 17.6 Å². The molecule has 0 spiro atoms. The molecule has 2 fully saturated rings. The summed E-state index contributed by atoms with van der Waals surface area (Å²) in [5, 5.41) is 0. The van der Waals surface area contributed by atoms with Gasteiger partial charge < -0.3 is 9.64 Å². The van der Waals surface area contributed by atoms with Gasteiger partial charge in [0.1, 0.15) is 5.75 Å². The zero-order chi connectivity index (χ0) is 19.3. The molecule has 2 aromatic rings. The maximum Gasteiger partial charge on any atom is 0.253 e. The fourth-order valence-corrected chi connectivity index (χ4v) is 4.48. The van der Waals surface area contributed by atoms with Gasteiger partial charge in [-0.3, -0.25) is 4.79 Å². The van der Waals surface area contributed by atoms with Crippen LogP contribution in [0.25, 0.3) is 0 Å². The zero-order valence-electron chi connectivity index (χ0n) is 16.5. The van der Waals surface area contributed by atoms with Crippen LogP contribution in [0.2, 0.25) is 0 Å². The number of ether oxygens (including phenoxy) is 1. The molecule has 4 rings (SSSR count). The predicted molar refractivity (Wildman–Crippen MR) is 111 cm³/mol. The molecule has 0 radical (unpaired) electrons. The van der Waals surface area contributed by atoms with E-state index in [1.807, 2.05) is 48.5 Å². The summed E-state index contributed by atoms with van der Waals surface area (Å²) >= 11 is 0. The molecule has 1 heterocycles. The van der Waals surface area contributed by atoms with Crippen LogP contribution in [0.15, 0.2) is 48.5 Å². The van der Waals surface area contributed by atoms with Crippen molar-refractivity contribution in [3.63, 3.8) is 0 Å². The van der Waals surface area contributed by atoms with Crippen molar-refractivity contribution in [3.05, 3.63) is 65.2 Å². The maximum atomic E-state index is 12.9. The van der Waals surface area contributed by atoms with E-state index in [1.54, 1.807) is 7.11 Å². The second-order valence-corrected chi connectivity index (χ2v) is 7.90. The monoisotopic (exact) mass is 373 g/mol. The Balaban J connectivity index is 1.40. The largest absolute Gasteiger partial charge is 0.497 e. The first-order chi connectivity index (χ1) is 13.7. The molecule has 1 aliphatic carbocycles. The highest BCUT2D eigenvalue weighted by molar-refractivity contribution is 5.94. The molecular weight excluding hydrogens is 346 g/mol. The lowest BCUT2D eigenvalue weighted by molar-refractivity contribution is 0.0521. The summed E-state index contributed by atoms with van der Waals surface area (Å²) in [4.78, 5) is 15.0. The fourth-order valence-electron chi connectivity index (χ4n) is 4.48. The lowest BCUT2D eigenvalue weighted by Crippen LogP contribution is -2.44. The highest BCUT2D eigenvalue weighted by atomic mass is 16.5. The van der Waals surface area contributed by atoms with Gasteiger partial charge >= 0.3 is 0 Å². The quantitative estimate of drug-likeness (QED) is 0.711. The summed E-state index contributed by atoms with van der Waals surface area (Å²) in [6.45, 7) is 1.83. The molecule has 1 saturated carbocycles. The van der Waals surface area contributed by atoms with Gasteiger partial charge in [-0.1, -0.05) is 31.1 Å². The van der Waals surface area contributed by atoms with Crippen molar-refractivity contribution in [2.24, 2.45) is 11.8 Å². The molecule has 1 saturated heterocycles. The number of nitrogens with zero attached hydrogens (tertiary/aromatic N) is 1. The number of methoxy groups -OCH3 is 1. The Morgan fingerprint density at radius 2 is 1.50 bits per heavy atom. The van der Waals surface area contributed by atoms with E-state index < -0.39 is 0 Å². The highest BCUT2D eigenvalue weighted by Gasteiger charge is 2.33. The first kappa shape index (κ1) is 18.6. The van der Waals surface area contributed by atoms with E-state index in [1.165, 1.54) is 32.1 Å². The molecule has 2 aromatic carbocycles. The Labute approximate surface area is 167 Å². The van der Waals surface area contributed by atoms with E-state index in [2.05, 4.69) is 16.7 Å². The van der Waals surface area contributed by atoms with Gasteiger partial charge in [-0.05, 0) is 73.2 Å². The third-order valence-electron chi connectivity index (χ3n) is 6.15. The van der Waals surface area contributed by atoms with Crippen LogP contribution in [0.3, 0.4) is 0 Å². The van der Waals surface area contributed by atoms with E-state index in [9.17, 15) is 4.79 Å². The minimum absolute atomic E-state index is 0.165. The molecule has 3 nitrogen and oxygen atoms in total. The van der Waals surface area contributed by atoms with Crippen LogP contribution in [0, 0.1) is 23.7 Å². The van der Waals surface area contributed by atoms with E-state index >= 15 is 0 Å². The predicted octanol–water partition coefficient (Wildman–Crippen LogP) is 4.75. The average molecular weight is 373 g/mol. The first-order valence-corrected chi connectivity index (χ1v) is 10.3. The molecule has 0 aromatic heterocycles. The number of benzene rings is 2. The third kappa shape index (κ3) is 4.22. The normalized spacial score (nSPS) is 21.2. The topological polar surface area (TPSA) is 29.5 Å². The molecule has 1 amide bonds. The van der Waals surface area contributed by atoms with E-state index in [-0.39, 0.29) is 5.91 Å². The van der Waals surface area contributed by atoms with E-state index in [0.29, 0.717) is 5.92 Å². The second kappa shape index (κ2) is 8.52. The van der Waals surface area contributed by atoms with Crippen LogP contribution in [-0.2, 0) is 0 Å². The van der Waals surface area contributed by atoms with Gasteiger partial charge in [-0.15, -0.1) is 0 Å². The van der Waals surface area contributed by atoms with Crippen LogP contribution in [0.4, 0.5) is 0 Å². The Bertz CT molecular complexity index is 874. The molecule has 2 atom stereocenters. The van der Waals surface area contributed by atoms with E-state index in [0.717, 1.165) is 41.4 Å². The number of rotatable bonds is 2. The van der Waals surface area contributed by atoms with Crippen molar-refractivity contribution in [1.82, 2.24) is 4.90 Å². The minimum Gasteiger partial charge on any atom is -0.497 e. The number of carbonyl (C=O) groups is 1. The first-order valence-electron chi connectivity index (χ1n) is 10.3. The number of carbonyl (C=O) groups excluding carboxylic acids is 1. The molecule has 0 bridgehead atoms. The smallest absolute Gasteiger partial charge is 0.253 e. The second-order valence-electron chi connectivity index (χ2n) is 7.90. The Kier molecular flexibility index (Phi) is 5.67. The van der Waals surface area contributed by atoms with Crippen molar-refractivity contribution in [2.45, 2.75) is 32.1 Å². The fraction of sp³-hybridized carbons (Fsp3) is 0.400. The Morgan fingerprint density at radius 3 is 2.14 bits per heavy atom. The van der Waals surface area contributed by atoms with Crippen molar-refractivity contribution < 1.29 is 9.53 Å². The van der Waals surface area contributed by atoms with Gasteiger partial charge in [-0.2, -0.15) is 0 Å². The number of hydrogen-bond acceptors (Lipinski definition) is 2. The summed E-state index contributed by atoms with van der Waals surface area (Å²) in [5.74, 6) is 8.86. The average Bonchev–Trinajstić information content (AvgIpc) is 2.77. The van der Waals surface area contributed by atoms with Crippen LogP contribution >= 0.6 is 0 Å². The van der Waals surface area contributed by atoms with Gasteiger partial charge in [0, 0.05) is 29.8 Å². The maximum absolute atomic E-state index is 12.9. The lowest BCUT2D eigenvalue weighted by atomic mass is 9.75. The van der Waals surface area contributed by atoms with Gasteiger partial charge in [0.15, 0.2) is 0 Å². The summed E-state index contributed by atoms with van der Waals surface area (Å²) < 4.78 is 5.16. The van der Waals surface area contributed by atoms with Crippen molar-refractivity contribution >= 4 is 5.91 Å². The highest BCUT2D eigenvalue weighted by Crippen LogP contribution is 2.36. The van der Waals surface area contributed by atoms with Crippen LogP contribution < -0.4 is 4.74 Å². The zero-order valence-corrected chi connectivity index (χ0v) is 16.5. The molecule has 2 unspecified atom stereocenters. The number of fused-ring (bicyclic) bond motifs is 1. The molecule has 2 aliphatic rings. The molecule has 1 aliphatic heterocycles. The van der Waals surface area contributed by atoms with Gasteiger partial charge in [0.2, 0.25) is 0 Å². The van der Waals surface area contributed by atoms with Crippen LogP contribution in [0.5, 0.6) is 5.75 Å². The van der Waals surface area contributed by atoms with Gasteiger partial charge in [0.05, 0.1) is 7.11 Å². The van der Waals surface area contributed by atoms with Gasteiger partial charge in [-0.25, -0.2) is 0 Å². The minimum atomic E-state index is 0.165. The number of amides is 1. The van der Waals surface area contributed by atoms with Crippen LogP contribution in [-0.4, -0.2) is 31.0 Å². The SMILES string of the molecule is COc1ccc(C#Cc2ccc(C(=O)N3CCC4CCCCC4C3)cc2)cc1.